The molecule has 8 atom stereocenters. The van der Waals surface area contributed by atoms with Crippen molar-refractivity contribution >= 4 is 16.6 Å². The van der Waals surface area contributed by atoms with E-state index in [-0.39, 0.29) is 58.5 Å². The molecule has 0 unspecified atom stereocenters. The van der Waals surface area contributed by atoms with Gasteiger partial charge >= 0.3 is 0 Å². The molecule has 0 saturated heterocycles. The van der Waals surface area contributed by atoms with Gasteiger partial charge in [-0.2, -0.15) is 0 Å². The summed E-state index contributed by atoms with van der Waals surface area (Å²) >= 11 is 0. The lowest BCUT2D eigenvalue weighted by Crippen LogP contribution is -2.50. The zero-order valence-electron chi connectivity index (χ0n) is 32.0. The Labute approximate surface area is 280 Å². The molecule has 1 rings (SSSR count). The van der Waals surface area contributed by atoms with E-state index < -0.39 is 22.7 Å². The summed E-state index contributed by atoms with van der Waals surface area (Å²) in [6, 6.07) is 10.2. The molecule has 5 nitrogen and oxygen atoms in total. The maximum Gasteiger partial charge on any atom is 0.192 e. The Hall–Kier alpha value is -0.806. The average molecular weight is 665 g/mol. The summed E-state index contributed by atoms with van der Waals surface area (Å²) in [6.07, 6.45) is 2.55. The molecule has 0 spiro atoms. The number of benzene rings is 1. The quantitative estimate of drug-likeness (QED) is 0.121. The zero-order chi connectivity index (χ0) is 35.0. The second-order valence-electron chi connectivity index (χ2n) is 17.2. The Morgan fingerprint density at radius 2 is 1.27 bits per heavy atom. The highest BCUT2D eigenvalue weighted by molar-refractivity contribution is 6.74. The molecule has 0 aliphatic carbocycles. The Balaban J connectivity index is 3.18. The standard InChI is InChI=1S/C38H72O5Si2/c1-27(22-28(2)35(30(4)24-39)42-44(13,14)37(7,8)9)23-29(3)36(43-45(15,16)38(10,11)12)32(6)34(40)31(5)25-41-26-33-20-18-17-19-21-33/h17-22,28-32,34-36,39-40H,23-26H2,1-16H3/b27-22-/t28-,29-,30-,31-,32+,34-,35+,36+/m0/s1. The van der Waals surface area contributed by atoms with Crippen molar-refractivity contribution in [3.63, 3.8) is 0 Å². The van der Waals surface area contributed by atoms with E-state index in [0.29, 0.717) is 13.2 Å². The van der Waals surface area contributed by atoms with Crippen LogP contribution in [0.1, 0.15) is 95.1 Å². The Kier molecular flexibility index (Phi) is 16.5. The molecule has 0 aliphatic heterocycles. The van der Waals surface area contributed by atoms with Gasteiger partial charge in [0, 0.05) is 24.4 Å². The molecule has 7 heteroatoms. The van der Waals surface area contributed by atoms with Gasteiger partial charge in [0.1, 0.15) is 0 Å². The summed E-state index contributed by atoms with van der Waals surface area (Å²) in [5.74, 6) is 0.341. The van der Waals surface area contributed by atoms with E-state index in [0.717, 1.165) is 12.0 Å². The van der Waals surface area contributed by atoms with Gasteiger partial charge in [0.05, 0.1) is 31.5 Å². The molecule has 45 heavy (non-hydrogen) atoms. The van der Waals surface area contributed by atoms with Crippen LogP contribution >= 0.6 is 0 Å². The molecule has 0 saturated carbocycles. The van der Waals surface area contributed by atoms with E-state index in [9.17, 15) is 10.2 Å². The van der Waals surface area contributed by atoms with Crippen LogP contribution in [0, 0.1) is 29.6 Å². The predicted octanol–water partition coefficient (Wildman–Crippen LogP) is 9.85. The number of aliphatic hydroxyl groups is 2. The fraction of sp³-hybridized carbons (Fsp3) is 0.789. The summed E-state index contributed by atoms with van der Waals surface area (Å²) in [5.41, 5.74) is 2.44. The van der Waals surface area contributed by atoms with Gasteiger partial charge in [-0.05, 0) is 67.0 Å². The lowest BCUT2D eigenvalue weighted by atomic mass is 9.82. The van der Waals surface area contributed by atoms with Gasteiger partial charge in [0.15, 0.2) is 16.6 Å². The van der Waals surface area contributed by atoms with Crippen LogP contribution in [-0.2, 0) is 20.2 Å². The smallest absolute Gasteiger partial charge is 0.192 e. The van der Waals surface area contributed by atoms with Gasteiger partial charge in [-0.15, -0.1) is 0 Å². The van der Waals surface area contributed by atoms with Crippen molar-refractivity contribution < 1.29 is 23.8 Å². The van der Waals surface area contributed by atoms with Crippen LogP contribution in [0.3, 0.4) is 0 Å². The molecular formula is C38H72O5Si2. The summed E-state index contributed by atoms with van der Waals surface area (Å²) in [6.45, 7) is 37.0. The van der Waals surface area contributed by atoms with Crippen LogP contribution in [0.4, 0.5) is 0 Å². The first kappa shape index (κ1) is 42.2. The van der Waals surface area contributed by atoms with E-state index in [1.807, 2.05) is 18.2 Å². The molecule has 0 aliphatic rings. The van der Waals surface area contributed by atoms with Crippen LogP contribution in [0.2, 0.25) is 36.3 Å². The summed E-state index contributed by atoms with van der Waals surface area (Å²) in [7, 11) is -4.13. The summed E-state index contributed by atoms with van der Waals surface area (Å²) in [5, 5.41) is 21.9. The third-order valence-electron chi connectivity index (χ3n) is 10.7. The molecule has 262 valence electrons. The van der Waals surface area contributed by atoms with Crippen molar-refractivity contribution in [1.82, 2.24) is 0 Å². The van der Waals surface area contributed by atoms with Gasteiger partial charge in [-0.3, -0.25) is 0 Å². The highest BCUT2D eigenvalue weighted by atomic mass is 28.4. The first-order valence-corrected chi connectivity index (χ1v) is 23.2. The number of hydrogen-bond acceptors (Lipinski definition) is 5. The fourth-order valence-electron chi connectivity index (χ4n) is 5.60. The van der Waals surface area contributed by atoms with Crippen molar-refractivity contribution in [1.29, 1.82) is 0 Å². The third-order valence-corrected chi connectivity index (χ3v) is 19.7. The second-order valence-corrected chi connectivity index (χ2v) is 26.7. The minimum absolute atomic E-state index is 0.0219. The lowest BCUT2D eigenvalue weighted by Gasteiger charge is -2.44. The van der Waals surface area contributed by atoms with Crippen molar-refractivity contribution in [2.75, 3.05) is 13.2 Å². The molecule has 1 aromatic rings. The van der Waals surface area contributed by atoms with Crippen LogP contribution in [-0.4, -0.2) is 58.4 Å². The Morgan fingerprint density at radius 3 is 1.73 bits per heavy atom. The van der Waals surface area contributed by atoms with Crippen LogP contribution in [0.15, 0.2) is 42.0 Å². The number of aliphatic hydroxyl groups excluding tert-OH is 2. The molecule has 0 heterocycles. The lowest BCUT2D eigenvalue weighted by molar-refractivity contribution is -0.0443. The molecule has 1 aromatic carbocycles. The summed E-state index contributed by atoms with van der Waals surface area (Å²) in [4.78, 5) is 0. The Morgan fingerprint density at radius 1 is 0.778 bits per heavy atom. The molecule has 0 amide bonds. The molecule has 0 fully saturated rings. The molecular weight excluding hydrogens is 593 g/mol. The molecule has 0 radical (unpaired) electrons. The number of rotatable bonds is 18. The van der Waals surface area contributed by atoms with E-state index >= 15 is 0 Å². The Bertz CT molecular complexity index is 1010. The third kappa shape index (κ3) is 13.0. The normalized spacial score (nSPS) is 19.4. The fourth-order valence-corrected chi connectivity index (χ4v) is 8.57. The second kappa shape index (κ2) is 17.6. The monoisotopic (exact) mass is 664 g/mol. The van der Waals surface area contributed by atoms with Gasteiger partial charge in [-0.1, -0.05) is 118 Å². The minimum atomic E-state index is -2.11. The summed E-state index contributed by atoms with van der Waals surface area (Å²) < 4.78 is 20.1. The predicted molar refractivity (Wildman–Crippen MR) is 198 cm³/mol. The molecule has 0 bridgehead atoms. The number of ether oxygens (including phenoxy) is 1. The zero-order valence-corrected chi connectivity index (χ0v) is 34.0. The number of hydrogen-bond donors (Lipinski definition) is 2. The highest BCUT2D eigenvalue weighted by Crippen LogP contribution is 2.42. The van der Waals surface area contributed by atoms with Crippen molar-refractivity contribution in [3.8, 4) is 0 Å². The van der Waals surface area contributed by atoms with Gasteiger partial charge in [-0.25, -0.2) is 0 Å². The van der Waals surface area contributed by atoms with E-state index in [1.54, 1.807) is 0 Å². The van der Waals surface area contributed by atoms with E-state index in [1.165, 1.54) is 5.57 Å². The van der Waals surface area contributed by atoms with Crippen molar-refractivity contribution in [2.24, 2.45) is 29.6 Å². The number of allylic oxidation sites excluding steroid dienone is 1. The van der Waals surface area contributed by atoms with Gasteiger partial charge in [0.25, 0.3) is 0 Å². The first-order valence-electron chi connectivity index (χ1n) is 17.4. The SMILES string of the molecule is C/C(=C/[C@H](C)[C@@H](O[Si](C)(C)C(C)(C)C)[C@@H](C)CO)C[C@H](C)[C@@H](O[Si](C)(C)C(C)(C)C)[C@H](C)[C@@H](O)[C@@H](C)COCc1ccccc1. The van der Waals surface area contributed by atoms with Gasteiger partial charge < -0.3 is 23.8 Å². The largest absolute Gasteiger partial charge is 0.413 e. The highest BCUT2D eigenvalue weighted by Gasteiger charge is 2.44. The van der Waals surface area contributed by atoms with E-state index in [2.05, 4.69) is 127 Å². The van der Waals surface area contributed by atoms with Crippen LogP contribution in [0.5, 0.6) is 0 Å². The van der Waals surface area contributed by atoms with Gasteiger partial charge in [0.2, 0.25) is 0 Å². The van der Waals surface area contributed by atoms with Crippen LogP contribution in [0.25, 0.3) is 0 Å². The molecule has 2 N–H and O–H groups in total. The maximum atomic E-state index is 11.6. The molecule has 0 aromatic heterocycles. The first-order chi connectivity index (χ1) is 20.4. The minimum Gasteiger partial charge on any atom is -0.413 e. The van der Waals surface area contributed by atoms with E-state index in [4.69, 9.17) is 13.6 Å². The van der Waals surface area contributed by atoms with Crippen LogP contribution < -0.4 is 0 Å². The van der Waals surface area contributed by atoms with Crippen molar-refractivity contribution in [3.05, 3.63) is 47.5 Å². The average Bonchev–Trinajstić information content (AvgIpc) is 2.92. The van der Waals surface area contributed by atoms with Crippen molar-refractivity contribution in [2.45, 2.75) is 151 Å². The maximum absolute atomic E-state index is 11.6. The topological polar surface area (TPSA) is 68.2 Å².